The van der Waals surface area contributed by atoms with E-state index in [0.29, 0.717) is 0 Å². The van der Waals surface area contributed by atoms with Crippen molar-refractivity contribution in [2.75, 3.05) is 18.0 Å². The number of rotatable bonds is 1. The molecule has 1 saturated heterocycles. The molecule has 1 heterocycles. The zero-order valence-electron chi connectivity index (χ0n) is 9.17. The zero-order chi connectivity index (χ0) is 13.3. The van der Waals surface area contributed by atoms with Crippen molar-refractivity contribution >= 4 is 33.4 Å². The van der Waals surface area contributed by atoms with Crippen molar-refractivity contribution in [2.45, 2.75) is 6.42 Å². The quantitative estimate of drug-likeness (QED) is 0.854. The number of nitrogens with zero attached hydrogens (tertiary/aromatic N) is 1. The maximum Gasteiger partial charge on any atom is 0.246 e. The molecule has 0 aliphatic carbocycles. The van der Waals surface area contributed by atoms with E-state index in [1.807, 2.05) is 0 Å². The molecule has 18 heavy (non-hydrogen) atoms. The minimum atomic E-state index is -0.843. The summed E-state index contributed by atoms with van der Waals surface area (Å²) in [5, 5.41) is 2.36. The molecule has 0 unspecified atom stereocenters. The first-order valence-corrected chi connectivity index (χ1v) is 6.00. The Morgan fingerprint density at radius 3 is 2.44 bits per heavy atom. The number of carbonyl (C=O) groups is 2. The third-order valence-corrected chi connectivity index (χ3v) is 3.01. The van der Waals surface area contributed by atoms with E-state index in [-0.39, 0.29) is 29.9 Å². The van der Waals surface area contributed by atoms with Crippen LogP contribution in [0.15, 0.2) is 16.6 Å². The molecule has 1 fully saturated rings. The largest absolute Gasteiger partial charge is 0.347 e. The predicted octanol–water partition coefficient (Wildman–Crippen LogP) is 1.58. The Bertz CT molecular complexity index is 499. The smallest absolute Gasteiger partial charge is 0.246 e. The third kappa shape index (κ3) is 2.50. The van der Waals surface area contributed by atoms with Crippen LogP contribution >= 0.6 is 15.9 Å². The highest BCUT2D eigenvalue weighted by Gasteiger charge is 2.26. The van der Waals surface area contributed by atoms with E-state index in [0.717, 1.165) is 17.0 Å². The molecule has 2 amide bonds. The lowest BCUT2D eigenvalue weighted by Crippen LogP contribution is -2.36. The first-order chi connectivity index (χ1) is 8.49. The molecule has 1 aromatic rings. The predicted molar refractivity (Wildman–Crippen MR) is 64.0 cm³/mol. The van der Waals surface area contributed by atoms with Crippen molar-refractivity contribution in [3.63, 3.8) is 0 Å². The van der Waals surface area contributed by atoms with E-state index in [9.17, 15) is 18.4 Å². The van der Waals surface area contributed by atoms with E-state index in [1.165, 1.54) is 0 Å². The van der Waals surface area contributed by atoms with Crippen molar-refractivity contribution in [1.29, 1.82) is 0 Å². The molecule has 1 aromatic carbocycles. The second-order valence-corrected chi connectivity index (χ2v) is 4.71. The molecule has 0 atom stereocenters. The topological polar surface area (TPSA) is 49.4 Å². The lowest BCUT2D eigenvalue weighted by Gasteiger charge is -2.21. The standard InChI is InChI=1S/C11H9BrF2N2O2/c12-6-3-7(13)11(8(14)4-6)16-2-1-9(17)15-5-10(16)18/h3-4H,1-2,5H2,(H,15,17). The molecule has 0 aromatic heterocycles. The molecule has 0 spiro atoms. The Kier molecular flexibility index (Phi) is 3.60. The van der Waals surface area contributed by atoms with Gasteiger partial charge in [0, 0.05) is 17.4 Å². The second kappa shape index (κ2) is 5.01. The number of carbonyl (C=O) groups excluding carboxylic acids is 2. The van der Waals surface area contributed by atoms with Crippen LogP contribution in [0.5, 0.6) is 0 Å². The van der Waals surface area contributed by atoms with Crippen molar-refractivity contribution in [2.24, 2.45) is 0 Å². The minimum absolute atomic E-state index is 0.0146. The zero-order valence-corrected chi connectivity index (χ0v) is 10.8. The molecule has 0 bridgehead atoms. The van der Waals surface area contributed by atoms with Gasteiger partial charge in [-0.2, -0.15) is 0 Å². The number of nitrogens with one attached hydrogen (secondary N) is 1. The fourth-order valence-electron chi connectivity index (χ4n) is 1.73. The van der Waals surface area contributed by atoms with Gasteiger partial charge in [-0.25, -0.2) is 8.78 Å². The fraction of sp³-hybridized carbons (Fsp3) is 0.273. The van der Waals surface area contributed by atoms with Crippen LogP contribution in [-0.4, -0.2) is 24.9 Å². The molecule has 1 N–H and O–H groups in total. The first-order valence-electron chi connectivity index (χ1n) is 5.20. The summed E-state index contributed by atoms with van der Waals surface area (Å²) >= 11 is 2.96. The summed E-state index contributed by atoms with van der Waals surface area (Å²) in [5.74, 6) is -2.54. The molecule has 1 aliphatic rings. The van der Waals surface area contributed by atoms with Crippen molar-refractivity contribution in [3.05, 3.63) is 28.2 Å². The Balaban J connectivity index is 2.41. The van der Waals surface area contributed by atoms with Crippen LogP contribution in [-0.2, 0) is 9.59 Å². The van der Waals surface area contributed by atoms with E-state index in [1.54, 1.807) is 0 Å². The summed E-state index contributed by atoms with van der Waals surface area (Å²) in [7, 11) is 0. The molecule has 96 valence electrons. The summed E-state index contributed by atoms with van der Waals surface area (Å²) in [4.78, 5) is 23.8. The maximum absolute atomic E-state index is 13.7. The summed E-state index contributed by atoms with van der Waals surface area (Å²) < 4.78 is 27.7. The van der Waals surface area contributed by atoms with E-state index >= 15 is 0 Å². The number of hydrogen-bond donors (Lipinski definition) is 1. The Morgan fingerprint density at radius 2 is 1.83 bits per heavy atom. The van der Waals surface area contributed by atoms with Gasteiger partial charge in [-0.3, -0.25) is 9.59 Å². The highest BCUT2D eigenvalue weighted by molar-refractivity contribution is 9.10. The van der Waals surface area contributed by atoms with Gasteiger partial charge in [0.15, 0.2) is 11.6 Å². The van der Waals surface area contributed by atoms with Gasteiger partial charge in [-0.1, -0.05) is 15.9 Å². The highest BCUT2D eigenvalue weighted by Crippen LogP contribution is 2.27. The molecule has 0 radical (unpaired) electrons. The fourth-order valence-corrected chi connectivity index (χ4v) is 2.13. The van der Waals surface area contributed by atoms with Gasteiger partial charge < -0.3 is 10.2 Å². The number of hydrogen-bond acceptors (Lipinski definition) is 2. The van der Waals surface area contributed by atoms with Gasteiger partial charge in [0.25, 0.3) is 0 Å². The summed E-state index contributed by atoms with van der Waals surface area (Å²) in [6, 6.07) is 2.15. The van der Waals surface area contributed by atoms with Crippen LogP contribution in [0.3, 0.4) is 0 Å². The molecule has 0 saturated carbocycles. The molecule has 7 heteroatoms. The van der Waals surface area contributed by atoms with Gasteiger partial charge in [-0.05, 0) is 12.1 Å². The summed E-state index contributed by atoms with van der Waals surface area (Å²) in [6.07, 6.45) is 0.0146. The second-order valence-electron chi connectivity index (χ2n) is 3.79. The van der Waals surface area contributed by atoms with Gasteiger partial charge in [0.1, 0.15) is 5.69 Å². The third-order valence-electron chi connectivity index (χ3n) is 2.55. The molecule has 4 nitrogen and oxygen atoms in total. The normalized spacial score (nSPS) is 16.5. The van der Waals surface area contributed by atoms with Crippen LogP contribution in [0.1, 0.15) is 6.42 Å². The molecule has 1 aliphatic heterocycles. The van der Waals surface area contributed by atoms with Crippen LogP contribution in [0.2, 0.25) is 0 Å². The average Bonchev–Trinajstić information content (AvgIpc) is 2.43. The van der Waals surface area contributed by atoms with E-state index in [4.69, 9.17) is 0 Å². The summed E-state index contributed by atoms with van der Waals surface area (Å²) in [5.41, 5.74) is -0.417. The van der Waals surface area contributed by atoms with Crippen LogP contribution in [0, 0.1) is 11.6 Å². The Morgan fingerprint density at radius 1 is 1.22 bits per heavy atom. The van der Waals surface area contributed by atoms with E-state index in [2.05, 4.69) is 21.2 Å². The average molecular weight is 319 g/mol. The highest BCUT2D eigenvalue weighted by atomic mass is 79.9. The van der Waals surface area contributed by atoms with Gasteiger partial charge in [-0.15, -0.1) is 0 Å². The number of amides is 2. The van der Waals surface area contributed by atoms with Crippen LogP contribution in [0.4, 0.5) is 14.5 Å². The van der Waals surface area contributed by atoms with Crippen LogP contribution in [0.25, 0.3) is 0 Å². The minimum Gasteiger partial charge on any atom is -0.347 e. The summed E-state index contributed by atoms with van der Waals surface area (Å²) in [6.45, 7) is -0.298. The van der Waals surface area contributed by atoms with Gasteiger partial charge >= 0.3 is 0 Å². The number of anilines is 1. The molecular weight excluding hydrogens is 310 g/mol. The monoisotopic (exact) mass is 318 g/mol. The van der Waals surface area contributed by atoms with Crippen LogP contribution < -0.4 is 10.2 Å². The lowest BCUT2D eigenvalue weighted by atomic mass is 10.2. The van der Waals surface area contributed by atoms with Crippen molar-refractivity contribution in [1.82, 2.24) is 5.32 Å². The first kappa shape index (κ1) is 12.9. The van der Waals surface area contributed by atoms with Gasteiger partial charge in [0.2, 0.25) is 11.8 Å². The van der Waals surface area contributed by atoms with Crippen molar-refractivity contribution < 1.29 is 18.4 Å². The van der Waals surface area contributed by atoms with Gasteiger partial charge in [0.05, 0.1) is 6.54 Å². The SMILES string of the molecule is O=C1CCN(c2c(F)cc(Br)cc2F)C(=O)CN1. The van der Waals surface area contributed by atoms with E-state index < -0.39 is 23.2 Å². The Labute approximate surface area is 110 Å². The Hall–Kier alpha value is -1.50. The molecule has 2 rings (SSSR count). The van der Waals surface area contributed by atoms with Crippen molar-refractivity contribution in [3.8, 4) is 0 Å². The molecular formula is C11H9BrF2N2O2. The number of benzene rings is 1. The lowest BCUT2D eigenvalue weighted by molar-refractivity contribution is -0.123. The maximum atomic E-state index is 13.7. The number of halogens is 3.